The van der Waals surface area contributed by atoms with E-state index in [1.165, 1.54) is 4.88 Å². The Morgan fingerprint density at radius 3 is 2.92 bits per heavy atom. The summed E-state index contributed by atoms with van der Waals surface area (Å²) >= 11 is 1.57. The van der Waals surface area contributed by atoms with Gasteiger partial charge < -0.3 is 9.57 Å². The maximum atomic E-state index is 5.08. The molecule has 1 fully saturated rings. The zero-order chi connectivity index (χ0) is 9.31. The van der Waals surface area contributed by atoms with E-state index in [1.807, 2.05) is 6.20 Å². The standard InChI is InChI=1S/C8H12N2O2S/c1-11-7-10-4-6(13-7)8(2-3-8)5-12-9/h4H,2-3,5,9H2,1H3. The van der Waals surface area contributed by atoms with Gasteiger partial charge in [-0.3, -0.25) is 0 Å². The molecule has 2 N–H and O–H groups in total. The van der Waals surface area contributed by atoms with Crippen LogP contribution < -0.4 is 10.6 Å². The second kappa shape index (κ2) is 3.25. The van der Waals surface area contributed by atoms with Crippen LogP contribution in [-0.4, -0.2) is 18.7 Å². The molecule has 0 saturated heterocycles. The third-order valence-electron chi connectivity index (χ3n) is 2.39. The van der Waals surface area contributed by atoms with Gasteiger partial charge in [0.25, 0.3) is 5.19 Å². The van der Waals surface area contributed by atoms with Crippen LogP contribution in [0.4, 0.5) is 0 Å². The molecule has 1 saturated carbocycles. The quantitative estimate of drug-likeness (QED) is 0.739. The van der Waals surface area contributed by atoms with Crippen molar-refractivity contribution in [1.29, 1.82) is 0 Å². The molecule has 1 aliphatic rings. The summed E-state index contributed by atoms with van der Waals surface area (Å²) in [5.41, 5.74) is 0.142. The van der Waals surface area contributed by atoms with E-state index >= 15 is 0 Å². The van der Waals surface area contributed by atoms with E-state index in [0.717, 1.165) is 12.8 Å². The zero-order valence-electron chi connectivity index (χ0n) is 7.45. The highest BCUT2D eigenvalue weighted by Gasteiger charge is 2.46. The molecule has 72 valence electrons. The molecule has 4 nitrogen and oxygen atoms in total. The van der Waals surface area contributed by atoms with Gasteiger partial charge in [-0.25, -0.2) is 10.9 Å². The van der Waals surface area contributed by atoms with E-state index in [0.29, 0.717) is 11.8 Å². The molecule has 1 heterocycles. The number of aromatic nitrogens is 1. The SMILES string of the molecule is COc1ncc(C2(CON)CC2)s1. The fraction of sp³-hybridized carbons (Fsp3) is 0.625. The summed E-state index contributed by atoms with van der Waals surface area (Å²) in [6.07, 6.45) is 4.13. The largest absolute Gasteiger partial charge is 0.473 e. The lowest BCUT2D eigenvalue weighted by molar-refractivity contribution is 0.117. The molecule has 0 aromatic carbocycles. The summed E-state index contributed by atoms with van der Waals surface area (Å²) in [5.74, 6) is 5.08. The Morgan fingerprint density at radius 2 is 2.46 bits per heavy atom. The predicted octanol–water partition coefficient (Wildman–Crippen LogP) is 1.07. The molecule has 0 unspecified atom stereocenters. The molecule has 2 rings (SSSR count). The van der Waals surface area contributed by atoms with E-state index in [1.54, 1.807) is 18.4 Å². The van der Waals surface area contributed by atoms with E-state index in [-0.39, 0.29) is 5.41 Å². The number of thiazole rings is 1. The normalized spacial score (nSPS) is 18.6. The fourth-order valence-corrected chi connectivity index (χ4v) is 2.33. The van der Waals surface area contributed by atoms with Crippen LogP contribution >= 0.6 is 11.3 Å². The minimum Gasteiger partial charge on any atom is -0.473 e. The summed E-state index contributed by atoms with van der Waals surface area (Å²) < 4.78 is 5.03. The lowest BCUT2D eigenvalue weighted by Gasteiger charge is -2.08. The number of methoxy groups -OCH3 is 1. The van der Waals surface area contributed by atoms with Gasteiger partial charge in [0.05, 0.1) is 13.7 Å². The van der Waals surface area contributed by atoms with Gasteiger partial charge in [-0.15, -0.1) is 0 Å². The Bertz CT molecular complexity index is 296. The van der Waals surface area contributed by atoms with Crippen molar-refractivity contribution < 1.29 is 9.57 Å². The lowest BCUT2D eigenvalue weighted by atomic mass is 10.1. The van der Waals surface area contributed by atoms with E-state index in [9.17, 15) is 0 Å². The number of ether oxygens (including phenoxy) is 1. The van der Waals surface area contributed by atoms with Gasteiger partial charge in [-0.1, -0.05) is 11.3 Å². The summed E-state index contributed by atoms with van der Waals surface area (Å²) in [5, 5.41) is 0.707. The molecule has 1 aliphatic carbocycles. The zero-order valence-corrected chi connectivity index (χ0v) is 8.26. The smallest absolute Gasteiger partial charge is 0.273 e. The molecule has 0 aliphatic heterocycles. The first-order valence-electron chi connectivity index (χ1n) is 4.13. The number of rotatable bonds is 4. The molecule has 1 aromatic rings. The molecular weight excluding hydrogens is 188 g/mol. The topological polar surface area (TPSA) is 57.4 Å². The minimum absolute atomic E-state index is 0.142. The van der Waals surface area contributed by atoms with E-state index in [2.05, 4.69) is 4.98 Å². The van der Waals surface area contributed by atoms with Gasteiger partial charge in [0.1, 0.15) is 0 Å². The molecule has 0 amide bonds. The highest BCUT2D eigenvalue weighted by atomic mass is 32.1. The van der Waals surface area contributed by atoms with Crippen molar-refractivity contribution in [3.8, 4) is 5.19 Å². The van der Waals surface area contributed by atoms with Crippen molar-refractivity contribution >= 4 is 11.3 Å². The van der Waals surface area contributed by atoms with Crippen LogP contribution in [0.1, 0.15) is 17.7 Å². The van der Waals surface area contributed by atoms with Crippen molar-refractivity contribution in [1.82, 2.24) is 4.98 Å². The van der Waals surface area contributed by atoms with Crippen molar-refractivity contribution in [2.75, 3.05) is 13.7 Å². The average Bonchev–Trinajstić information content (AvgIpc) is 2.78. The molecule has 13 heavy (non-hydrogen) atoms. The van der Waals surface area contributed by atoms with Crippen LogP contribution in [0.25, 0.3) is 0 Å². The van der Waals surface area contributed by atoms with Gasteiger partial charge >= 0.3 is 0 Å². The highest BCUT2D eigenvalue weighted by molar-refractivity contribution is 7.13. The van der Waals surface area contributed by atoms with Gasteiger partial charge in [0.2, 0.25) is 0 Å². The first-order chi connectivity index (χ1) is 6.30. The summed E-state index contributed by atoms with van der Waals surface area (Å²) in [7, 11) is 1.63. The van der Waals surface area contributed by atoms with Crippen LogP contribution in [0.5, 0.6) is 5.19 Å². The van der Waals surface area contributed by atoms with Gasteiger partial charge in [0, 0.05) is 16.5 Å². The van der Waals surface area contributed by atoms with Crippen LogP contribution in [0.3, 0.4) is 0 Å². The fourth-order valence-electron chi connectivity index (χ4n) is 1.37. The Morgan fingerprint density at radius 1 is 1.69 bits per heavy atom. The van der Waals surface area contributed by atoms with Crippen molar-refractivity contribution in [2.24, 2.45) is 5.90 Å². The average molecular weight is 200 g/mol. The molecule has 0 bridgehead atoms. The highest BCUT2D eigenvalue weighted by Crippen LogP contribution is 2.50. The Hall–Kier alpha value is -0.650. The Balaban J connectivity index is 2.15. The van der Waals surface area contributed by atoms with Crippen LogP contribution in [-0.2, 0) is 10.3 Å². The van der Waals surface area contributed by atoms with Gasteiger partial charge in [0.15, 0.2) is 0 Å². The second-order valence-corrected chi connectivity index (χ2v) is 4.28. The van der Waals surface area contributed by atoms with Gasteiger partial charge in [-0.05, 0) is 12.8 Å². The van der Waals surface area contributed by atoms with Gasteiger partial charge in [-0.2, -0.15) is 0 Å². The third-order valence-corrected chi connectivity index (χ3v) is 3.60. The monoisotopic (exact) mass is 200 g/mol. The van der Waals surface area contributed by atoms with Crippen molar-refractivity contribution in [3.63, 3.8) is 0 Å². The lowest BCUT2D eigenvalue weighted by Crippen LogP contribution is -2.16. The molecule has 0 spiro atoms. The Kier molecular flexibility index (Phi) is 2.23. The summed E-state index contributed by atoms with van der Waals surface area (Å²) in [6, 6.07) is 0. The predicted molar refractivity (Wildman–Crippen MR) is 49.7 cm³/mol. The third kappa shape index (κ3) is 1.54. The maximum absolute atomic E-state index is 5.08. The first-order valence-corrected chi connectivity index (χ1v) is 4.94. The van der Waals surface area contributed by atoms with Crippen LogP contribution in [0, 0.1) is 0 Å². The minimum atomic E-state index is 0.142. The number of hydrogen-bond acceptors (Lipinski definition) is 5. The first kappa shape index (κ1) is 8.93. The van der Waals surface area contributed by atoms with Crippen LogP contribution in [0.2, 0.25) is 0 Å². The number of nitrogens with two attached hydrogens (primary N) is 1. The molecule has 1 aromatic heterocycles. The number of hydrogen-bond donors (Lipinski definition) is 1. The maximum Gasteiger partial charge on any atom is 0.273 e. The van der Waals surface area contributed by atoms with Crippen LogP contribution in [0.15, 0.2) is 6.20 Å². The summed E-state index contributed by atoms with van der Waals surface area (Å²) in [6.45, 7) is 0.582. The molecule has 0 radical (unpaired) electrons. The Labute approximate surface area is 80.6 Å². The molecule has 0 atom stereocenters. The second-order valence-electron chi connectivity index (χ2n) is 3.29. The van der Waals surface area contributed by atoms with Crippen molar-refractivity contribution in [3.05, 3.63) is 11.1 Å². The molecular formula is C8H12N2O2S. The van der Waals surface area contributed by atoms with E-state index in [4.69, 9.17) is 15.5 Å². The van der Waals surface area contributed by atoms with E-state index < -0.39 is 0 Å². The number of nitrogens with zero attached hydrogens (tertiary/aromatic N) is 1. The summed E-state index contributed by atoms with van der Waals surface area (Å²) in [4.78, 5) is 10.0. The van der Waals surface area contributed by atoms with Crippen molar-refractivity contribution in [2.45, 2.75) is 18.3 Å². The molecule has 5 heteroatoms.